The minimum Gasteiger partial charge on any atom is -0.491 e. The molecule has 0 spiro atoms. The van der Waals surface area contributed by atoms with Gasteiger partial charge in [0.25, 0.3) is 0 Å². The van der Waals surface area contributed by atoms with Gasteiger partial charge in [0.2, 0.25) is 0 Å². The van der Waals surface area contributed by atoms with Gasteiger partial charge >= 0.3 is 0 Å². The van der Waals surface area contributed by atoms with Crippen molar-refractivity contribution in [1.29, 1.82) is 0 Å². The van der Waals surface area contributed by atoms with E-state index < -0.39 is 0 Å². The first-order valence-corrected chi connectivity index (χ1v) is 14.9. The minimum absolute atomic E-state index is 0.451. The number of anilines is 2. The zero-order valence-corrected chi connectivity index (χ0v) is 23.7. The molecule has 0 atom stereocenters. The Morgan fingerprint density at radius 1 is 0.950 bits per heavy atom. The van der Waals surface area contributed by atoms with Gasteiger partial charge in [0.15, 0.2) is 0 Å². The highest BCUT2D eigenvalue weighted by molar-refractivity contribution is 5.92. The van der Waals surface area contributed by atoms with Gasteiger partial charge in [-0.25, -0.2) is 9.97 Å². The third kappa shape index (κ3) is 5.29. The van der Waals surface area contributed by atoms with Crippen LogP contribution in [0.5, 0.6) is 5.75 Å². The summed E-state index contributed by atoms with van der Waals surface area (Å²) in [5.74, 6) is 3.57. The van der Waals surface area contributed by atoms with Crippen LogP contribution in [0.15, 0.2) is 41.8 Å². The highest BCUT2D eigenvalue weighted by Gasteiger charge is 2.29. The van der Waals surface area contributed by atoms with Crippen molar-refractivity contribution < 1.29 is 4.74 Å². The number of hydrogen-bond donors (Lipinski definition) is 1. The van der Waals surface area contributed by atoms with Gasteiger partial charge in [-0.2, -0.15) is 0 Å². The molecule has 3 aromatic rings. The Labute approximate surface area is 236 Å². The highest BCUT2D eigenvalue weighted by Crippen LogP contribution is 2.38. The van der Waals surface area contributed by atoms with Crippen molar-refractivity contribution in [3.05, 3.63) is 53.6 Å². The van der Waals surface area contributed by atoms with Gasteiger partial charge in [0, 0.05) is 41.2 Å². The number of nitrogens with zero attached hydrogens (tertiary/aromatic N) is 6. The Morgan fingerprint density at radius 3 is 2.67 bits per heavy atom. The topological polar surface area (TPSA) is 78.8 Å². The lowest BCUT2D eigenvalue weighted by Gasteiger charge is -2.30. The maximum Gasteiger partial charge on any atom is 0.137 e. The molecule has 2 fully saturated rings. The lowest BCUT2D eigenvalue weighted by molar-refractivity contribution is 0.263. The average Bonchev–Trinajstić information content (AvgIpc) is 3.83. The molecule has 1 aromatic carbocycles. The third-order valence-electron chi connectivity index (χ3n) is 8.90. The van der Waals surface area contributed by atoms with E-state index in [0.29, 0.717) is 18.6 Å². The largest absolute Gasteiger partial charge is 0.491 e. The van der Waals surface area contributed by atoms with Crippen molar-refractivity contribution >= 4 is 23.0 Å². The number of nitrogens with one attached hydrogen (secondary N) is 1. The van der Waals surface area contributed by atoms with Crippen LogP contribution in [-0.2, 0) is 13.0 Å². The van der Waals surface area contributed by atoms with Gasteiger partial charge in [-0.3, -0.25) is 9.98 Å². The number of hydrogen-bond acceptors (Lipinski definition) is 8. The maximum absolute atomic E-state index is 6.20. The number of pyridine rings is 1. The molecule has 208 valence electrons. The molecule has 0 amide bonds. The van der Waals surface area contributed by atoms with Crippen LogP contribution >= 0.6 is 0 Å². The number of piperidine rings is 1. The van der Waals surface area contributed by atoms with Gasteiger partial charge in [-0.15, -0.1) is 0 Å². The van der Waals surface area contributed by atoms with Crippen molar-refractivity contribution in [3.8, 4) is 16.9 Å². The van der Waals surface area contributed by atoms with Crippen LogP contribution in [0.3, 0.4) is 0 Å². The summed E-state index contributed by atoms with van der Waals surface area (Å²) in [4.78, 5) is 24.0. The van der Waals surface area contributed by atoms with E-state index in [4.69, 9.17) is 19.7 Å². The zero-order chi connectivity index (χ0) is 27.1. The first-order valence-electron chi connectivity index (χ1n) is 14.9. The molecular formula is C32H39N7O. The van der Waals surface area contributed by atoms with Gasteiger partial charge in [0.05, 0.1) is 17.9 Å². The Morgan fingerprint density at radius 2 is 1.82 bits per heavy atom. The van der Waals surface area contributed by atoms with E-state index in [1.54, 1.807) is 6.33 Å². The fourth-order valence-electron chi connectivity index (χ4n) is 6.29. The van der Waals surface area contributed by atoms with Crippen LogP contribution in [0.4, 0.5) is 17.3 Å². The van der Waals surface area contributed by atoms with Gasteiger partial charge < -0.3 is 19.9 Å². The van der Waals surface area contributed by atoms with Crippen LogP contribution in [-0.4, -0.2) is 64.9 Å². The van der Waals surface area contributed by atoms with E-state index in [-0.39, 0.29) is 0 Å². The second-order valence-corrected chi connectivity index (χ2v) is 11.9. The molecule has 8 heteroatoms. The molecule has 0 bridgehead atoms. The maximum atomic E-state index is 6.20. The first-order chi connectivity index (χ1) is 19.6. The Hall–Kier alpha value is -3.52. The minimum atomic E-state index is 0.451. The number of likely N-dealkylation sites (tertiary alicyclic amines) is 1. The molecule has 2 aromatic heterocycles. The molecule has 4 aliphatic rings. The van der Waals surface area contributed by atoms with Crippen LogP contribution < -0.4 is 15.0 Å². The lowest BCUT2D eigenvalue weighted by atomic mass is 10.0. The molecule has 3 aliphatic heterocycles. The van der Waals surface area contributed by atoms with Crippen LogP contribution in [0.25, 0.3) is 11.1 Å². The molecule has 0 unspecified atom stereocenters. The molecule has 40 heavy (non-hydrogen) atoms. The fourth-order valence-corrected chi connectivity index (χ4v) is 6.29. The van der Waals surface area contributed by atoms with Crippen LogP contribution in [0.2, 0.25) is 0 Å². The second-order valence-electron chi connectivity index (χ2n) is 11.9. The molecule has 1 N–H and O–H groups in total. The molecular weight excluding hydrogens is 498 g/mol. The Balaban J connectivity index is 1.14. The van der Waals surface area contributed by atoms with Gasteiger partial charge in [-0.05, 0) is 102 Å². The summed E-state index contributed by atoms with van der Waals surface area (Å²) in [5, 5.41) is 3.70. The van der Waals surface area contributed by atoms with Crippen molar-refractivity contribution in [2.24, 2.45) is 10.9 Å². The summed E-state index contributed by atoms with van der Waals surface area (Å²) in [6.45, 7) is 6.49. The monoisotopic (exact) mass is 537 g/mol. The van der Waals surface area contributed by atoms with E-state index >= 15 is 0 Å². The number of aromatic nitrogens is 3. The van der Waals surface area contributed by atoms with Crippen molar-refractivity contribution in [1.82, 2.24) is 19.9 Å². The number of rotatable bonds is 5. The predicted molar refractivity (Wildman–Crippen MR) is 160 cm³/mol. The molecule has 5 heterocycles. The molecule has 7 rings (SSSR count). The summed E-state index contributed by atoms with van der Waals surface area (Å²) in [5.41, 5.74) is 8.10. The van der Waals surface area contributed by atoms with Gasteiger partial charge in [-0.1, -0.05) is 6.07 Å². The number of fused-ring (bicyclic) bond motifs is 2. The smallest absolute Gasteiger partial charge is 0.137 e. The van der Waals surface area contributed by atoms with Crippen LogP contribution in [0, 0.1) is 12.8 Å². The predicted octanol–water partition coefficient (Wildman–Crippen LogP) is 5.57. The lowest BCUT2D eigenvalue weighted by Crippen LogP contribution is -2.37. The zero-order valence-electron chi connectivity index (χ0n) is 23.7. The van der Waals surface area contributed by atoms with E-state index in [0.717, 1.165) is 109 Å². The van der Waals surface area contributed by atoms with Crippen molar-refractivity contribution in [2.75, 3.05) is 43.5 Å². The highest BCUT2D eigenvalue weighted by atomic mass is 16.5. The molecule has 1 aliphatic carbocycles. The summed E-state index contributed by atoms with van der Waals surface area (Å²) in [6.07, 6.45) is 11.8. The fraction of sp³-hybridized carbons (Fsp3) is 0.500. The summed E-state index contributed by atoms with van der Waals surface area (Å²) < 4.78 is 6.20. The van der Waals surface area contributed by atoms with E-state index in [2.05, 4.69) is 58.3 Å². The number of benzene rings is 1. The number of ether oxygens (including phenoxy) is 1. The first kappa shape index (κ1) is 25.4. The Bertz CT molecular complexity index is 1420. The van der Waals surface area contributed by atoms with E-state index in [1.165, 1.54) is 18.6 Å². The molecule has 8 nitrogen and oxygen atoms in total. The summed E-state index contributed by atoms with van der Waals surface area (Å²) in [6, 6.07) is 9.21. The SMILES string of the molecule is Cc1c(NC2CCN(C)CC2)ncnc1N1CCOc2ccc(-c3cnc4c(c3)N=C(C3CC3)CCC4)cc2C1. The summed E-state index contributed by atoms with van der Waals surface area (Å²) in [7, 11) is 2.19. The second kappa shape index (κ2) is 10.8. The third-order valence-corrected chi connectivity index (χ3v) is 8.90. The van der Waals surface area contributed by atoms with Crippen molar-refractivity contribution in [2.45, 2.75) is 64.5 Å². The Kier molecular flexibility index (Phi) is 6.87. The van der Waals surface area contributed by atoms with E-state index in [1.807, 2.05) is 6.20 Å². The number of aliphatic imine (C=N–C) groups is 1. The van der Waals surface area contributed by atoms with Gasteiger partial charge in [0.1, 0.15) is 30.3 Å². The average molecular weight is 538 g/mol. The molecule has 1 saturated carbocycles. The summed E-state index contributed by atoms with van der Waals surface area (Å²) >= 11 is 0. The van der Waals surface area contributed by atoms with E-state index in [9.17, 15) is 0 Å². The number of aryl methyl sites for hydroxylation is 1. The molecule has 0 radical (unpaired) electrons. The molecule has 1 saturated heterocycles. The van der Waals surface area contributed by atoms with Crippen molar-refractivity contribution in [3.63, 3.8) is 0 Å². The quantitative estimate of drug-likeness (QED) is 0.456. The van der Waals surface area contributed by atoms with Crippen LogP contribution in [0.1, 0.15) is 55.3 Å². The standard InChI is InChI=1S/C32H39N7O/c1-21-31(36-26-10-12-38(2)13-11-26)34-20-35-32(21)39-14-15-40-30-9-8-23(16-25(30)19-39)24-17-29-28(33-18-24)5-3-4-27(37-29)22-6-7-22/h8-9,16-18,20,22,26H,3-7,10-15,19H2,1-2H3,(H,34,35,36). The normalized spacial score (nSPS) is 20.1.